The maximum Gasteiger partial charge on any atom is 0.303 e. The Kier molecular flexibility index (Phi) is 6.39. The van der Waals surface area contributed by atoms with Gasteiger partial charge in [-0.3, -0.25) is 14.4 Å². The maximum atomic E-state index is 12.0. The summed E-state index contributed by atoms with van der Waals surface area (Å²) in [5.41, 5.74) is 0.491. The van der Waals surface area contributed by atoms with Crippen LogP contribution in [-0.4, -0.2) is 47.4 Å². The number of carboxylic acid groups (broad SMARTS) is 1. The summed E-state index contributed by atoms with van der Waals surface area (Å²) in [6.07, 6.45) is 0.402. The number of carbonyl (C=O) groups excluding carboxylic acids is 2. The highest BCUT2D eigenvalue weighted by Crippen LogP contribution is 2.01. The second kappa shape index (κ2) is 8.04. The predicted molar refractivity (Wildman–Crippen MR) is 77.9 cm³/mol. The van der Waals surface area contributed by atoms with E-state index < -0.39 is 12.0 Å². The summed E-state index contributed by atoms with van der Waals surface area (Å²) in [5, 5.41) is 11.2. The van der Waals surface area contributed by atoms with Gasteiger partial charge in [0.25, 0.3) is 5.91 Å². The van der Waals surface area contributed by atoms with E-state index in [1.54, 1.807) is 38.2 Å². The largest absolute Gasteiger partial charge is 0.481 e. The Bertz CT molecular complexity index is 502. The average molecular weight is 292 g/mol. The van der Waals surface area contributed by atoms with Crippen LogP contribution >= 0.6 is 0 Å². The number of hydrogen-bond acceptors (Lipinski definition) is 3. The molecule has 1 atom stereocenters. The molecule has 1 rings (SSSR count). The molecule has 0 aromatic heterocycles. The summed E-state index contributed by atoms with van der Waals surface area (Å²) in [5.74, 6) is -1.44. The Labute approximate surface area is 123 Å². The number of hydrogen-bond donors (Lipinski definition) is 2. The van der Waals surface area contributed by atoms with Crippen LogP contribution in [0.1, 0.15) is 30.1 Å². The molecule has 2 amide bonds. The lowest BCUT2D eigenvalue weighted by Crippen LogP contribution is -2.45. The van der Waals surface area contributed by atoms with Crippen LogP contribution in [0.15, 0.2) is 30.3 Å². The van der Waals surface area contributed by atoms with Crippen molar-refractivity contribution in [2.24, 2.45) is 0 Å². The first-order valence-corrected chi connectivity index (χ1v) is 6.74. The van der Waals surface area contributed by atoms with Crippen molar-refractivity contribution in [3.8, 4) is 0 Å². The van der Waals surface area contributed by atoms with E-state index in [2.05, 4.69) is 5.32 Å². The number of amides is 2. The monoisotopic (exact) mass is 292 g/mol. The van der Waals surface area contributed by atoms with Crippen molar-refractivity contribution in [1.82, 2.24) is 10.2 Å². The Morgan fingerprint density at radius 1 is 1.24 bits per heavy atom. The summed E-state index contributed by atoms with van der Waals surface area (Å²) in [4.78, 5) is 35.8. The molecule has 6 nitrogen and oxygen atoms in total. The molecule has 114 valence electrons. The van der Waals surface area contributed by atoms with E-state index in [-0.39, 0.29) is 18.2 Å². The van der Waals surface area contributed by atoms with Crippen LogP contribution in [-0.2, 0) is 9.59 Å². The summed E-state index contributed by atoms with van der Waals surface area (Å²) < 4.78 is 0. The molecule has 0 radical (unpaired) electrons. The van der Waals surface area contributed by atoms with E-state index in [1.807, 2.05) is 6.07 Å². The fourth-order valence-electron chi connectivity index (χ4n) is 1.84. The fourth-order valence-corrected chi connectivity index (χ4v) is 1.84. The molecule has 0 bridgehead atoms. The molecule has 1 aromatic carbocycles. The Morgan fingerprint density at radius 2 is 1.86 bits per heavy atom. The number of likely N-dealkylation sites (N-methyl/N-ethyl adjacent to an activating group) is 1. The number of benzene rings is 1. The van der Waals surface area contributed by atoms with Crippen LogP contribution in [0.5, 0.6) is 0 Å². The van der Waals surface area contributed by atoms with Gasteiger partial charge in [-0.2, -0.15) is 0 Å². The normalized spacial score (nSPS) is 11.5. The van der Waals surface area contributed by atoms with E-state index in [9.17, 15) is 14.4 Å². The Morgan fingerprint density at radius 3 is 2.43 bits per heavy atom. The SMILES string of the molecule is CC(NC(=O)c1ccccc1)C(=O)N(C)CCCC(=O)O. The van der Waals surface area contributed by atoms with Crippen molar-refractivity contribution < 1.29 is 19.5 Å². The van der Waals surface area contributed by atoms with Gasteiger partial charge in [-0.1, -0.05) is 18.2 Å². The fraction of sp³-hybridized carbons (Fsp3) is 0.400. The molecule has 21 heavy (non-hydrogen) atoms. The number of carboxylic acids is 1. The zero-order valence-electron chi connectivity index (χ0n) is 12.2. The zero-order valence-corrected chi connectivity index (χ0v) is 12.2. The van der Waals surface area contributed by atoms with E-state index >= 15 is 0 Å². The minimum atomic E-state index is -0.888. The topological polar surface area (TPSA) is 86.7 Å². The molecule has 0 aliphatic rings. The second-order valence-electron chi connectivity index (χ2n) is 4.82. The zero-order chi connectivity index (χ0) is 15.8. The Hall–Kier alpha value is -2.37. The molecule has 0 aliphatic carbocycles. The van der Waals surface area contributed by atoms with Crippen molar-refractivity contribution in [3.63, 3.8) is 0 Å². The molecule has 0 heterocycles. The van der Waals surface area contributed by atoms with Crippen LogP contribution in [0.3, 0.4) is 0 Å². The van der Waals surface area contributed by atoms with Gasteiger partial charge in [0.2, 0.25) is 5.91 Å². The third-order valence-corrected chi connectivity index (χ3v) is 3.01. The molecule has 0 saturated carbocycles. The molecule has 0 aliphatic heterocycles. The van der Waals surface area contributed by atoms with Gasteiger partial charge >= 0.3 is 5.97 Å². The summed E-state index contributed by atoms with van der Waals surface area (Å²) in [7, 11) is 1.59. The molecule has 0 spiro atoms. The smallest absolute Gasteiger partial charge is 0.303 e. The van der Waals surface area contributed by atoms with E-state index in [4.69, 9.17) is 5.11 Å². The lowest BCUT2D eigenvalue weighted by Gasteiger charge is -2.21. The van der Waals surface area contributed by atoms with Gasteiger partial charge in [0.15, 0.2) is 0 Å². The van der Waals surface area contributed by atoms with Crippen molar-refractivity contribution in [1.29, 1.82) is 0 Å². The van der Waals surface area contributed by atoms with Crippen molar-refractivity contribution in [3.05, 3.63) is 35.9 Å². The van der Waals surface area contributed by atoms with E-state index in [1.165, 1.54) is 4.90 Å². The first-order valence-electron chi connectivity index (χ1n) is 6.74. The lowest BCUT2D eigenvalue weighted by atomic mass is 10.2. The van der Waals surface area contributed by atoms with Gasteiger partial charge in [0, 0.05) is 25.6 Å². The minimum absolute atomic E-state index is 0.0162. The van der Waals surface area contributed by atoms with Crippen LogP contribution in [0.4, 0.5) is 0 Å². The number of aliphatic carboxylic acids is 1. The van der Waals surface area contributed by atoms with Crippen LogP contribution in [0.2, 0.25) is 0 Å². The van der Waals surface area contributed by atoms with Crippen molar-refractivity contribution >= 4 is 17.8 Å². The molecule has 6 heteroatoms. The van der Waals surface area contributed by atoms with Gasteiger partial charge in [-0.15, -0.1) is 0 Å². The standard InChI is InChI=1S/C15H20N2O4/c1-11(15(21)17(2)10-6-9-13(18)19)16-14(20)12-7-4-3-5-8-12/h3-5,7-8,11H,6,9-10H2,1-2H3,(H,16,20)(H,18,19). The number of carbonyl (C=O) groups is 3. The van der Waals surface area contributed by atoms with Gasteiger partial charge in [0.05, 0.1) is 0 Å². The second-order valence-corrected chi connectivity index (χ2v) is 4.82. The summed E-state index contributed by atoms with van der Waals surface area (Å²) >= 11 is 0. The highest BCUT2D eigenvalue weighted by atomic mass is 16.4. The van der Waals surface area contributed by atoms with E-state index in [0.29, 0.717) is 18.5 Å². The van der Waals surface area contributed by atoms with Gasteiger partial charge in [0.1, 0.15) is 6.04 Å². The number of nitrogens with one attached hydrogen (secondary N) is 1. The minimum Gasteiger partial charge on any atom is -0.481 e. The first kappa shape index (κ1) is 16.7. The predicted octanol–water partition coefficient (Wildman–Crippen LogP) is 1.13. The Balaban J connectivity index is 2.46. The summed E-state index contributed by atoms with van der Waals surface area (Å²) in [6, 6.07) is 7.99. The molecule has 2 N–H and O–H groups in total. The average Bonchev–Trinajstić information content (AvgIpc) is 2.46. The number of nitrogens with zero attached hydrogens (tertiary/aromatic N) is 1. The highest BCUT2D eigenvalue weighted by Gasteiger charge is 2.19. The molecular formula is C15H20N2O4. The molecule has 0 saturated heterocycles. The van der Waals surface area contributed by atoms with Crippen molar-refractivity contribution in [2.75, 3.05) is 13.6 Å². The quantitative estimate of drug-likeness (QED) is 0.788. The first-order chi connectivity index (χ1) is 9.91. The highest BCUT2D eigenvalue weighted by molar-refractivity contribution is 5.97. The van der Waals surface area contributed by atoms with Crippen LogP contribution in [0, 0.1) is 0 Å². The lowest BCUT2D eigenvalue weighted by molar-refractivity contribution is -0.138. The van der Waals surface area contributed by atoms with Crippen LogP contribution < -0.4 is 5.32 Å². The molecule has 1 aromatic rings. The number of rotatable bonds is 7. The summed E-state index contributed by atoms with van der Waals surface area (Å²) in [6.45, 7) is 1.95. The maximum absolute atomic E-state index is 12.0. The van der Waals surface area contributed by atoms with Gasteiger partial charge in [-0.05, 0) is 25.5 Å². The molecule has 0 fully saturated rings. The van der Waals surface area contributed by atoms with Gasteiger partial charge in [-0.25, -0.2) is 0 Å². The van der Waals surface area contributed by atoms with Crippen LogP contribution in [0.25, 0.3) is 0 Å². The third kappa shape index (κ3) is 5.64. The molecule has 1 unspecified atom stereocenters. The third-order valence-electron chi connectivity index (χ3n) is 3.01. The van der Waals surface area contributed by atoms with Crippen molar-refractivity contribution in [2.45, 2.75) is 25.8 Å². The van der Waals surface area contributed by atoms with Gasteiger partial charge < -0.3 is 15.3 Å². The van der Waals surface area contributed by atoms with E-state index in [0.717, 1.165) is 0 Å². The molecular weight excluding hydrogens is 272 g/mol.